The quantitative estimate of drug-likeness (QED) is 0.796. The van der Waals surface area contributed by atoms with Crippen LogP contribution in [-0.2, 0) is 0 Å². The molecule has 0 fully saturated rings. The van der Waals surface area contributed by atoms with Gasteiger partial charge in [0.2, 0.25) is 5.91 Å². The average molecular weight is 193 g/mol. The van der Waals surface area contributed by atoms with Crippen molar-refractivity contribution in [1.82, 2.24) is 0 Å². The first-order chi connectivity index (χ1) is 6.49. The Kier molecular flexibility index (Phi) is 3.12. The van der Waals surface area contributed by atoms with Crippen LogP contribution in [0.1, 0.15) is 29.8 Å². The minimum atomic E-state index is -0.428. The number of nitrogens with two attached hydrogens (primary N) is 1. The molecule has 0 spiro atoms. The number of amides is 1. The van der Waals surface area contributed by atoms with Crippen LogP contribution in [-0.4, -0.2) is 12.0 Å². The molecule has 76 valence electrons. The molecule has 14 heavy (non-hydrogen) atoms. The van der Waals surface area contributed by atoms with Crippen molar-refractivity contribution in [3.05, 3.63) is 29.3 Å². The fraction of sp³-hybridized carbons (Fsp3) is 0.364. The van der Waals surface area contributed by atoms with Crippen molar-refractivity contribution in [2.75, 3.05) is 0 Å². The van der Waals surface area contributed by atoms with Crippen molar-refractivity contribution in [2.24, 2.45) is 5.73 Å². The summed E-state index contributed by atoms with van der Waals surface area (Å²) < 4.78 is 5.48. The lowest BCUT2D eigenvalue weighted by molar-refractivity contribution is 0.0999. The number of benzene rings is 1. The number of rotatable bonds is 3. The molecule has 0 aliphatic heterocycles. The number of ether oxygens (including phenoxy) is 1. The van der Waals surface area contributed by atoms with Gasteiger partial charge in [-0.05, 0) is 44.5 Å². The van der Waals surface area contributed by atoms with E-state index in [1.807, 2.05) is 26.8 Å². The zero-order valence-corrected chi connectivity index (χ0v) is 8.70. The van der Waals surface area contributed by atoms with Crippen molar-refractivity contribution in [2.45, 2.75) is 26.9 Å². The molecule has 0 radical (unpaired) electrons. The summed E-state index contributed by atoms with van der Waals surface area (Å²) in [4.78, 5) is 11.0. The first kappa shape index (κ1) is 10.6. The first-order valence-corrected chi connectivity index (χ1v) is 4.57. The van der Waals surface area contributed by atoms with Crippen LogP contribution in [0.3, 0.4) is 0 Å². The lowest BCUT2D eigenvalue weighted by Crippen LogP contribution is -2.12. The van der Waals surface area contributed by atoms with E-state index in [0.717, 1.165) is 5.56 Å². The molecule has 1 amide bonds. The lowest BCUT2D eigenvalue weighted by Gasteiger charge is -2.11. The molecular formula is C11H15NO2. The van der Waals surface area contributed by atoms with E-state index < -0.39 is 5.91 Å². The fourth-order valence-electron chi connectivity index (χ4n) is 1.23. The molecule has 3 heteroatoms. The summed E-state index contributed by atoms with van der Waals surface area (Å²) in [7, 11) is 0. The molecule has 1 aromatic rings. The van der Waals surface area contributed by atoms with Crippen LogP contribution in [0.2, 0.25) is 0 Å². The minimum Gasteiger partial charge on any atom is -0.491 e. The third kappa shape index (κ3) is 2.76. The third-order valence-electron chi connectivity index (χ3n) is 1.71. The van der Waals surface area contributed by atoms with Crippen LogP contribution in [0, 0.1) is 6.92 Å². The van der Waals surface area contributed by atoms with Gasteiger partial charge in [0.25, 0.3) is 0 Å². The van der Waals surface area contributed by atoms with Crippen LogP contribution < -0.4 is 10.5 Å². The number of hydrogen-bond acceptors (Lipinski definition) is 2. The Morgan fingerprint density at radius 1 is 1.36 bits per heavy atom. The van der Waals surface area contributed by atoms with E-state index >= 15 is 0 Å². The Balaban J connectivity index is 3.01. The zero-order chi connectivity index (χ0) is 10.7. The molecule has 3 nitrogen and oxygen atoms in total. The largest absolute Gasteiger partial charge is 0.491 e. The lowest BCUT2D eigenvalue weighted by atomic mass is 10.1. The number of aryl methyl sites for hydroxylation is 1. The highest BCUT2D eigenvalue weighted by Gasteiger charge is 2.05. The van der Waals surface area contributed by atoms with Crippen molar-refractivity contribution in [3.8, 4) is 5.75 Å². The smallest absolute Gasteiger partial charge is 0.248 e. The van der Waals surface area contributed by atoms with Gasteiger partial charge in [-0.25, -0.2) is 0 Å². The summed E-state index contributed by atoms with van der Waals surface area (Å²) in [6, 6.07) is 5.29. The van der Waals surface area contributed by atoms with E-state index in [1.54, 1.807) is 12.1 Å². The Labute approximate surface area is 83.9 Å². The first-order valence-electron chi connectivity index (χ1n) is 4.57. The Morgan fingerprint density at radius 2 is 2.00 bits per heavy atom. The second kappa shape index (κ2) is 4.13. The molecule has 0 saturated carbocycles. The Bertz CT molecular complexity index is 345. The highest BCUT2D eigenvalue weighted by atomic mass is 16.5. The van der Waals surface area contributed by atoms with Gasteiger partial charge in [0.05, 0.1) is 6.10 Å². The number of carbonyl (C=O) groups is 1. The summed E-state index contributed by atoms with van der Waals surface area (Å²) in [5.74, 6) is 0.260. The van der Waals surface area contributed by atoms with Crippen LogP contribution >= 0.6 is 0 Å². The van der Waals surface area contributed by atoms with E-state index in [2.05, 4.69) is 0 Å². The number of carbonyl (C=O) groups excluding carboxylic acids is 1. The van der Waals surface area contributed by atoms with Crippen molar-refractivity contribution < 1.29 is 9.53 Å². The molecule has 2 N–H and O–H groups in total. The standard InChI is InChI=1S/C11H15NO2/c1-7(2)14-10-5-8(3)4-9(6-10)11(12)13/h4-7H,1-3H3,(H2,12,13). The Hall–Kier alpha value is -1.51. The van der Waals surface area contributed by atoms with Gasteiger partial charge in [-0.1, -0.05) is 0 Å². The second-order valence-electron chi connectivity index (χ2n) is 3.57. The maximum Gasteiger partial charge on any atom is 0.248 e. The molecule has 0 bridgehead atoms. The molecule has 0 aromatic heterocycles. The van der Waals surface area contributed by atoms with E-state index in [9.17, 15) is 4.79 Å². The molecule has 1 rings (SSSR count). The van der Waals surface area contributed by atoms with Crippen molar-refractivity contribution in [3.63, 3.8) is 0 Å². The minimum absolute atomic E-state index is 0.0949. The summed E-state index contributed by atoms with van der Waals surface area (Å²) >= 11 is 0. The summed E-state index contributed by atoms with van der Waals surface area (Å²) in [5.41, 5.74) is 6.64. The summed E-state index contributed by atoms with van der Waals surface area (Å²) in [5, 5.41) is 0. The Morgan fingerprint density at radius 3 is 2.50 bits per heavy atom. The predicted molar refractivity (Wildman–Crippen MR) is 55.5 cm³/mol. The van der Waals surface area contributed by atoms with E-state index in [1.165, 1.54) is 0 Å². The van der Waals surface area contributed by atoms with Crippen LogP contribution in [0.25, 0.3) is 0 Å². The molecular weight excluding hydrogens is 178 g/mol. The van der Waals surface area contributed by atoms with Gasteiger partial charge < -0.3 is 10.5 Å². The molecule has 0 saturated heterocycles. The predicted octanol–water partition coefficient (Wildman–Crippen LogP) is 1.88. The van der Waals surface area contributed by atoms with Crippen LogP contribution in [0.5, 0.6) is 5.75 Å². The van der Waals surface area contributed by atoms with E-state index in [4.69, 9.17) is 10.5 Å². The maximum absolute atomic E-state index is 11.0. The van der Waals surface area contributed by atoms with Gasteiger partial charge in [0, 0.05) is 5.56 Å². The van der Waals surface area contributed by atoms with Gasteiger partial charge in [0.15, 0.2) is 0 Å². The monoisotopic (exact) mass is 193 g/mol. The number of hydrogen-bond donors (Lipinski definition) is 1. The van der Waals surface area contributed by atoms with Gasteiger partial charge in [-0.3, -0.25) is 4.79 Å². The van der Waals surface area contributed by atoms with E-state index in [0.29, 0.717) is 11.3 Å². The summed E-state index contributed by atoms with van der Waals surface area (Å²) in [6.45, 7) is 5.78. The average Bonchev–Trinajstić information content (AvgIpc) is 2.01. The SMILES string of the molecule is Cc1cc(OC(C)C)cc(C(N)=O)c1. The molecule has 0 atom stereocenters. The molecule has 1 aromatic carbocycles. The highest BCUT2D eigenvalue weighted by Crippen LogP contribution is 2.17. The van der Waals surface area contributed by atoms with Crippen LogP contribution in [0.4, 0.5) is 0 Å². The molecule has 0 aliphatic rings. The molecule has 0 unspecified atom stereocenters. The number of primary amides is 1. The van der Waals surface area contributed by atoms with Crippen molar-refractivity contribution >= 4 is 5.91 Å². The molecule has 0 aliphatic carbocycles. The van der Waals surface area contributed by atoms with Gasteiger partial charge in [-0.2, -0.15) is 0 Å². The van der Waals surface area contributed by atoms with E-state index in [-0.39, 0.29) is 6.10 Å². The van der Waals surface area contributed by atoms with Crippen LogP contribution in [0.15, 0.2) is 18.2 Å². The second-order valence-corrected chi connectivity index (χ2v) is 3.57. The van der Waals surface area contributed by atoms with Crippen molar-refractivity contribution in [1.29, 1.82) is 0 Å². The molecule has 0 heterocycles. The third-order valence-corrected chi connectivity index (χ3v) is 1.71. The topological polar surface area (TPSA) is 52.3 Å². The van der Waals surface area contributed by atoms with Gasteiger partial charge in [-0.15, -0.1) is 0 Å². The summed E-state index contributed by atoms with van der Waals surface area (Å²) in [6.07, 6.45) is 0.0949. The normalized spacial score (nSPS) is 10.3. The van der Waals surface area contributed by atoms with Gasteiger partial charge >= 0.3 is 0 Å². The zero-order valence-electron chi connectivity index (χ0n) is 8.70. The van der Waals surface area contributed by atoms with Gasteiger partial charge in [0.1, 0.15) is 5.75 Å². The fourth-order valence-corrected chi connectivity index (χ4v) is 1.23. The highest BCUT2D eigenvalue weighted by molar-refractivity contribution is 5.93. The maximum atomic E-state index is 11.0.